The molecule has 0 aromatic heterocycles. The van der Waals surface area contributed by atoms with Gasteiger partial charge in [-0.2, -0.15) is 0 Å². The molecule has 3 heteroatoms. The van der Waals surface area contributed by atoms with Gasteiger partial charge in [-0.15, -0.1) is 0 Å². The Balaban J connectivity index is 1.65. The van der Waals surface area contributed by atoms with Crippen LogP contribution in [0.15, 0.2) is 24.3 Å². The van der Waals surface area contributed by atoms with Crippen molar-refractivity contribution < 1.29 is 4.79 Å². The average Bonchev–Trinajstić information content (AvgIpc) is 3.24. The molecule has 1 aliphatic heterocycles. The van der Waals surface area contributed by atoms with Gasteiger partial charge in [0.05, 0.1) is 0 Å². The van der Waals surface area contributed by atoms with Crippen molar-refractivity contribution in [3.05, 3.63) is 35.4 Å². The van der Waals surface area contributed by atoms with Crippen molar-refractivity contribution in [2.75, 3.05) is 13.1 Å². The smallest absolute Gasteiger partial charge is 0.251 e. The third-order valence-electron chi connectivity index (χ3n) is 3.85. The highest BCUT2D eigenvalue weighted by Crippen LogP contribution is 2.24. The number of carbonyl (C=O) groups excluding carboxylic acids is 1. The highest BCUT2D eigenvalue weighted by Gasteiger charge is 2.23. The zero-order chi connectivity index (χ0) is 12.4. The molecule has 96 valence electrons. The van der Waals surface area contributed by atoms with Crippen molar-refractivity contribution in [3.8, 4) is 0 Å². The Kier molecular flexibility index (Phi) is 3.33. The third kappa shape index (κ3) is 2.72. The van der Waals surface area contributed by atoms with E-state index in [0.29, 0.717) is 12.0 Å². The minimum atomic E-state index is 0.0748. The lowest BCUT2D eigenvalue weighted by atomic mass is 9.91. The van der Waals surface area contributed by atoms with Crippen LogP contribution >= 0.6 is 0 Å². The first-order chi connectivity index (χ1) is 8.83. The molecule has 1 atom stereocenters. The second-order valence-electron chi connectivity index (χ2n) is 5.41. The first-order valence-corrected chi connectivity index (χ1v) is 6.94. The standard InChI is InChI=1S/C15H20N2O/c18-15(17-14-7-8-14)12-5-3-11(4-6-12)13-2-1-9-16-10-13/h3-6,13-14,16H,1-2,7-10H2,(H,17,18). The predicted octanol–water partition coefficient (Wildman–Crippen LogP) is 2.05. The Morgan fingerprint density at radius 2 is 1.94 bits per heavy atom. The van der Waals surface area contributed by atoms with Crippen molar-refractivity contribution in [2.24, 2.45) is 0 Å². The van der Waals surface area contributed by atoms with Crippen LogP contribution in [0.5, 0.6) is 0 Å². The van der Waals surface area contributed by atoms with E-state index in [-0.39, 0.29) is 5.91 Å². The van der Waals surface area contributed by atoms with Crippen LogP contribution in [0.3, 0.4) is 0 Å². The molecule has 0 bridgehead atoms. The lowest BCUT2D eigenvalue weighted by molar-refractivity contribution is 0.0951. The molecular weight excluding hydrogens is 224 g/mol. The van der Waals surface area contributed by atoms with Gasteiger partial charge < -0.3 is 10.6 Å². The maximum Gasteiger partial charge on any atom is 0.251 e. The Bertz CT molecular complexity index is 417. The SMILES string of the molecule is O=C(NC1CC1)c1ccc(C2CCCNC2)cc1. The van der Waals surface area contributed by atoms with Crippen molar-refractivity contribution >= 4 is 5.91 Å². The van der Waals surface area contributed by atoms with Crippen molar-refractivity contribution in [2.45, 2.75) is 37.6 Å². The van der Waals surface area contributed by atoms with Gasteiger partial charge in [0.15, 0.2) is 0 Å². The van der Waals surface area contributed by atoms with Crippen LogP contribution in [0.1, 0.15) is 47.5 Å². The number of benzene rings is 1. The summed E-state index contributed by atoms with van der Waals surface area (Å²) in [5.41, 5.74) is 2.14. The summed E-state index contributed by atoms with van der Waals surface area (Å²) >= 11 is 0. The minimum absolute atomic E-state index is 0.0748. The molecule has 0 radical (unpaired) electrons. The monoisotopic (exact) mass is 244 g/mol. The summed E-state index contributed by atoms with van der Waals surface area (Å²) in [5.74, 6) is 0.685. The fourth-order valence-electron chi connectivity index (χ4n) is 2.54. The van der Waals surface area contributed by atoms with E-state index >= 15 is 0 Å². The molecule has 2 N–H and O–H groups in total. The molecular formula is C15H20N2O. The third-order valence-corrected chi connectivity index (χ3v) is 3.85. The van der Waals surface area contributed by atoms with E-state index in [0.717, 1.165) is 31.5 Å². The quantitative estimate of drug-likeness (QED) is 0.854. The van der Waals surface area contributed by atoms with Gasteiger partial charge in [-0.3, -0.25) is 4.79 Å². The van der Waals surface area contributed by atoms with Gasteiger partial charge in [-0.1, -0.05) is 12.1 Å². The molecule has 1 saturated heterocycles. The van der Waals surface area contributed by atoms with E-state index in [1.54, 1.807) is 0 Å². The molecule has 1 saturated carbocycles. The van der Waals surface area contributed by atoms with Gasteiger partial charge in [0.1, 0.15) is 0 Å². The van der Waals surface area contributed by atoms with Gasteiger partial charge >= 0.3 is 0 Å². The average molecular weight is 244 g/mol. The summed E-state index contributed by atoms with van der Waals surface area (Å²) in [6, 6.07) is 8.57. The van der Waals surface area contributed by atoms with Crippen LogP contribution in [0, 0.1) is 0 Å². The van der Waals surface area contributed by atoms with Crippen LogP contribution in [-0.4, -0.2) is 25.0 Å². The van der Waals surface area contributed by atoms with E-state index in [2.05, 4.69) is 22.8 Å². The number of hydrogen-bond acceptors (Lipinski definition) is 2. The first kappa shape index (κ1) is 11.7. The Morgan fingerprint density at radius 3 is 2.56 bits per heavy atom. The second-order valence-corrected chi connectivity index (χ2v) is 5.41. The van der Waals surface area contributed by atoms with E-state index in [9.17, 15) is 4.79 Å². The minimum Gasteiger partial charge on any atom is -0.349 e. The molecule has 1 aromatic carbocycles. The summed E-state index contributed by atoms with van der Waals surface area (Å²) in [5, 5.41) is 6.44. The largest absolute Gasteiger partial charge is 0.349 e. The number of rotatable bonds is 3. The van der Waals surface area contributed by atoms with Gasteiger partial charge in [-0.25, -0.2) is 0 Å². The van der Waals surface area contributed by atoms with Crippen LogP contribution in [0.25, 0.3) is 0 Å². The van der Waals surface area contributed by atoms with Crippen LogP contribution in [0.2, 0.25) is 0 Å². The van der Waals surface area contributed by atoms with Crippen molar-refractivity contribution in [1.29, 1.82) is 0 Å². The lowest BCUT2D eigenvalue weighted by Crippen LogP contribution is -2.28. The summed E-state index contributed by atoms with van der Waals surface area (Å²) in [4.78, 5) is 11.9. The van der Waals surface area contributed by atoms with Crippen LogP contribution in [0.4, 0.5) is 0 Å². The molecule has 18 heavy (non-hydrogen) atoms. The molecule has 1 heterocycles. The number of nitrogens with one attached hydrogen (secondary N) is 2. The molecule has 1 unspecified atom stereocenters. The molecule has 2 fully saturated rings. The fourth-order valence-corrected chi connectivity index (χ4v) is 2.54. The number of hydrogen-bond donors (Lipinski definition) is 2. The van der Waals surface area contributed by atoms with Crippen LogP contribution in [-0.2, 0) is 0 Å². The number of amides is 1. The molecule has 3 nitrogen and oxygen atoms in total. The van der Waals surface area contributed by atoms with E-state index in [1.165, 1.54) is 18.4 Å². The van der Waals surface area contributed by atoms with Crippen molar-refractivity contribution in [3.63, 3.8) is 0 Å². The maximum absolute atomic E-state index is 11.9. The van der Waals surface area contributed by atoms with E-state index in [4.69, 9.17) is 0 Å². The Labute approximate surface area is 108 Å². The van der Waals surface area contributed by atoms with Crippen molar-refractivity contribution in [1.82, 2.24) is 10.6 Å². The predicted molar refractivity (Wildman–Crippen MR) is 71.8 cm³/mol. The van der Waals surface area contributed by atoms with Gasteiger partial charge in [0, 0.05) is 18.2 Å². The summed E-state index contributed by atoms with van der Waals surface area (Å²) in [6.45, 7) is 2.20. The molecule has 2 aliphatic rings. The van der Waals surface area contributed by atoms with Crippen LogP contribution < -0.4 is 10.6 Å². The molecule has 1 aromatic rings. The molecule has 3 rings (SSSR count). The Hall–Kier alpha value is -1.35. The van der Waals surface area contributed by atoms with Gasteiger partial charge in [-0.05, 0) is 55.8 Å². The van der Waals surface area contributed by atoms with Gasteiger partial charge in [0.2, 0.25) is 0 Å². The molecule has 0 spiro atoms. The summed E-state index contributed by atoms with van der Waals surface area (Å²) in [7, 11) is 0. The van der Waals surface area contributed by atoms with E-state index < -0.39 is 0 Å². The topological polar surface area (TPSA) is 41.1 Å². The van der Waals surface area contributed by atoms with E-state index in [1.807, 2.05) is 12.1 Å². The maximum atomic E-state index is 11.9. The Morgan fingerprint density at radius 1 is 1.17 bits per heavy atom. The molecule has 1 amide bonds. The highest BCUT2D eigenvalue weighted by atomic mass is 16.1. The highest BCUT2D eigenvalue weighted by molar-refractivity contribution is 5.94. The summed E-state index contributed by atoms with van der Waals surface area (Å²) < 4.78 is 0. The number of piperidine rings is 1. The number of carbonyl (C=O) groups is 1. The fraction of sp³-hybridized carbons (Fsp3) is 0.533. The van der Waals surface area contributed by atoms with Gasteiger partial charge in [0.25, 0.3) is 5.91 Å². The first-order valence-electron chi connectivity index (χ1n) is 6.94. The lowest BCUT2D eigenvalue weighted by Gasteiger charge is -2.23. The molecule has 1 aliphatic carbocycles. The zero-order valence-corrected chi connectivity index (χ0v) is 10.6. The zero-order valence-electron chi connectivity index (χ0n) is 10.6. The summed E-state index contributed by atoms with van der Waals surface area (Å²) in [6.07, 6.45) is 4.77. The normalized spacial score (nSPS) is 23.7. The second kappa shape index (κ2) is 5.11.